The zero-order valence-corrected chi connectivity index (χ0v) is 15.7. The zero-order valence-electron chi connectivity index (χ0n) is 15.7. The van der Waals surface area contributed by atoms with Gasteiger partial charge in [0, 0.05) is 19.5 Å². The number of piperidine rings is 1. The van der Waals surface area contributed by atoms with Gasteiger partial charge in [0.25, 0.3) is 0 Å². The smallest absolute Gasteiger partial charge is 0.410 e. The number of amides is 1. The maximum atomic E-state index is 12.2. The summed E-state index contributed by atoms with van der Waals surface area (Å²) in [4.78, 5) is 26.0. The summed E-state index contributed by atoms with van der Waals surface area (Å²) < 4.78 is 10.8. The van der Waals surface area contributed by atoms with Gasteiger partial charge >= 0.3 is 12.1 Å². The second-order valence-corrected chi connectivity index (χ2v) is 7.80. The Labute approximate surface area is 150 Å². The third kappa shape index (κ3) is 6.40. The molecule has 1 aliphatic rings. The SMILES string of the molecule is C[C@@H]1CN(C(=O)OCc2ccccc2)CC[C@@H]1CC(=O)OC(C)(C)C. The van der Waals surface area contributed by atoms with Gasteiger partial charge in [0.1, 0.15) is 12.2 Å². The monoisotopic (exact) mass is 347 g/mol. The maximum absolute atomic E-state index is 12.2. The molecule has 2 rings (SSSR count). The third-order valence-electron chi connectivity index (χ3n) is 4.40. The molecule has 0 N–H and O–H groups in total. The first-order chi connectivity index (χ1) is 11.7. The van der Waals surface area contributed by atoms with Gasteiger partial charge in [0.05, 0.1) is 0 Å². The molecule has 5 heteroatoms. The van der Waals surface area contributed by atoms with Gasteiger partial charge in [-0.15, -0.1) is 0 Å². The van der Waals surface area contributed by atoms with Crippen molar-refractivity contribution in [2.75, 3.05) is 13.1 Å². The number of hydrogen-bond acceptors (Lipinski definition) is 4. The average molecular weight is 347 g/mol. The van der Waals surface area contributed by atoms with Crippen molar-refractivity contribution >= 4 is 12.1 Å². The second-order valence-electron chi connectivity index (χ2n) is 7.80. The number of hydrogen-bond donors (Lipinski definition) is 0. The van der Waals surface area contributed by atoms with E-state index in [1.165, 1.54) is 0 Å². The maximum Gasteiger partial charge on any atom is 0.410 e. The highest BCUT2D eigenvalue weighted by Gasteiger charge is 2.32. The summed E-state index contributed by atoms with van der Waals surface area (Å²) in [5.74, 6) is 0.322. The molecule has 1 aliphatic heterocycles. The molecule has 0 bridgehead atoms. The van der Waals surface area contributed by atoms with Gasteiger partial charge in [-0.2, -0.15) is 0 Å². The minimum Gasteiger partial charge on any atom is -0.460 e. The molecule has 1 aromatic rings. The van der Waals surface area contributed by atoms with Gasteiger partial charge < -0.3 is 14.4 Å². The fraction of sp³-hybridized carbons (Fsp3) is 0.600. The molecule has 0 aliphatic carbocycles. The topological polar surface area (TPSA) is 55.8 Å². The van der Waals surface area contributed by atoms with Crippen LogP contribution in [0.25, 0.3) is 0 Å². The molecule has 25 heavy (non-hydrogen) atoms. The van der Waals surface area contributed by atoms with E-state index in [0.717, 1.165) is 12.0 Å². The molecule has 1 saturated heterocycles. The minimum atomic E-state index is -0.456. The fourth-order valence-electron chi connectivity index (χ4n) is 3.07. The number of rotatable bonds is 4. The van der Waals surface area contributed by atoms with Gasteiger partial charge in [-0.05, 0) is 44.6 Å². The van der Waals surface area contributed by atoms with E-state index in [-0.39, 0.29) is 30.5 Å². The minimum absolute atomic E-state index is 0.163. The van der Waals surface area contributed by atoms with Crippen molar-refractivity contribution in [3.05, 3.63) is 35.9 Å². The van der Waals surface area contributed by atoms with Crippen molar-refractivity contribution in [3.8, 4) is 0 Å². The highest BCUT2D eigenvalue weighted by atomic mass is 16.6. The Morgan fingerprint density at radius 1 is 1.20 bits per heavy atom. The van der Waals surface area contributed by atoms with Gasteiger partial charge in [0.2, 0.25) is 0 Å². The van der Waals surface area contributed by atoms with Crippen LogP contribution in [0.4, 0.5) is 4.79 Å². The van der Waals surface area contributed by atoms with Crippen LogP contribution < -0.4 is 0 Å². The summed E-state index contributed by atoms with van der Waals surface area (Å²) >= 11 is 0. The predicted molar refractivity (Wildman–Crippen MR) is 95.9 cm³/mol. The lowest BCUT2D eigenvalue weighted by Gasteiger charge is -2.36. The number of likely N-dealkylation sites (tertiary alicyclic amines) is 1. The van der Waals surface area contributed by atoms with Crippen LogP contribution in [0.3, 0.4) is 0 Å². The van der Waals surface area contributed by atoms with Gasteiger partial charge in [-0.25, -0.2) is 4.79 Å². The number of carbonyl (C=O) groups excluding carboxylic acids is 2. The van der Waals surface area contributed by atoms with Crippen molar-refractivity contribution < 1.29 is 19.1 Å². The summed E-state index contributed by atoms with van der Waals surface area (Å²) in [7, 11) is 0. The van der Waals surface area contributed by atoms with Crippen LogP contribution in [0.2, 0.25) is 0 Å². The predicted octanol–water partition coefficient (Wildman–Crippen LogP) is 4.01. The van der Waals surface area contributed by atoms with E-state index in [4.69, 9.17) is 9.47 Å². The van der Waals surface area contributed by atoms with Crippen LogP contribution in [0.5, 0.6) is 0 Å². The summed E-state index contributed by atoms with van der Waals surface area (Å²) in [5, 5.41) is 0. The molecular weight excluding hydrogens is 318 g/mol. The fourth-order valence-corrected chi connectivity index (χ4v) is 3.07. The molecule has 0 unspecified atom stereocenters. The van der Waals surface area contributed by atoms with Crippen molar-refractivity contribution in [2.24, 2.45) is 11.8 Å². The molecule has 0 spiro atoms. The first-order valence-corrected chi connectivity index (χ1v) is 8.92. The van der Waals surface area contributed by atoms with Crippen molar-refractivity contribution in [1.82, 2.24) is 4.90 Å². The number of esters is 1. The molecule has 2 atom stereocenters. The Hall–Kier alpha value is -2.04. The zero-order chi connectivity index (χ0) is 18.4. The largest absolute Gasteiger partial charge is 0.460 e. The van der Waals surface area contributed by atoms with Crippen molar-refractivity contribution in [2.45, 2.75) is 52.7 Å². The summed E-state index contributed by atoms with van der Waals surface area (Å²) in [6, 6.07) is 9.65. The van der Waals surface area contributed by atoms with E-state index in [9.17, 15) is 9.59 Å². The van der Waals surface area contributed by atoms with Gasteiger partial charge in [-0.1, -0.05) is 37.3 Å². The summed E-state index contributed by atoms with van der Waals surface area (Å²) in [5.41, 5.74) is 0.520. The molecule has 0 radical (unpaired) electrons. The molecule has 138 valence electrons. The lowest BCUT2D eigenvalue weighted by Crippen LogP contribution is -2.43. The third-order valence-corrected chi connectivity index (χ3v) is 4.40. The number of nitrogens with zero attached hydrogens (tertiary/aromatic N) is 1. The van der Waals surface area contributed by atoms with Crippen molar-refractivity contribution in [3.63, 3.8) is 0 Å². The lowest BCUT2D eigenvalue weighted by molar-refractivity contribution is -0.156. The Kier molecular flexibility index (Phi) is 6.45. The molecule has 5 nitrogen and oxygen atoms in total. The standard InChI is InChI=1S/C20H29NO4/c1-15-13-21(19(23)24-14-16-8-6-5-7-9-16)11-10-17(15)12-18(22)25-20(2,3)4/h5-9,15,17H,10-14H2,1-4H3/t15-,17-/m1/s1. The normalized spacial score (nSPS) is 20.9. The van der Waals surface area contributed by atoms with Crippen LogP contribution in [0, 0.1) is 11.8 Å². The molecule has 1 aromatic carbocycles. The molecule has 1 heterocycles. The first kappa shape index (κ1) is 19.3. The van der Waals surface area contributed by atoms with Crippen LogP contribution in [0.1, 0.15) is 46.1 Å². The Balaban J connectivity index is 1.78. The van der Waals surface area contributed by atoms with Crippen molar-refractivity contribution in [1.29, 1.82) is 0 Å². The van der Waals surface area contributed by atoms with E-state index in [1.54, 1.807) is 4.90 Å². The van der Waals surface area contributed by atoms with Gasteiger partial charge in [-0.3, -0.25) is 4.79 Å². The van der Waals surface area contributed by atoms with Crippen LogP contribution in [-0.2, 0) is 20.9 Å². The highest BCUT2D eigenvalue weighted by Crippen LogP contribution is 2.27. The molecule has 0 aromatic heterocycles. The average Bonchev–Trinajstić information content (AvgIpc) is 2.53. The van der Waals surface area contributed by atoms with Crippen LogP contribution >= 0.6 is 0 Å². The quantitative estimate of drug-likeness (QED) is 0.772. The summed E-state index contributed by atoms with van der Waals surface area (Å²) in [6.07, 6.45) is 0.915. The number of ether oxygens (including phenoxy) is 2. The number of carbonyl (C=O) groups is 2. The van der Waals surface area contributed by atoms with E-state index in [0.29, 0.717) is 19.5 Å². The van der Waals surface area contributed by atoms with E-state index < -0.39 is 5.60 Å². The van der Waals surface area contributed by atoms with Gasteiger partial charge in [0.15, 0.2) is 0 Å². The Morgan fingerprint density at radius 3 is 2.48 bits per heavy atom. The Bertz CT molecular complexity index is 579. The lowest BCUT2D eigenvalue weighted by atomic mass is 9.84. The number of benzene rings is 1. The summed E-state index contributed by atoms with van der Waals surface area (Å²) in [6.45, 7) is 9.21. The van der Waals surface area contributed by atoms with Crippen LogP contribution in [0.15, 0.2) is 30.3 Å². The molecule has 1 fully saturated rings. The molecule has 1 amide bonds. The molecule has 0 saturated carbocycles. The van der Waals surface area contributed by atoms with E-state index in [2.05, 4.69) is 6.92 Å². The second kappa shape index (κ2) is 8.37. The van der Waals surface area contributed by atoms with E-state index in [1.807, 2.05) is 51.1 Å². The van der Waals surface area contributed by atoms with Crippen LogP contribution in [-0.4, -0.2) is 35.7 Å². The molecular formula is C20H29NO4. The van der Waals surface area contributed by atoms with E-state index >= 15 is 0 Å². The first-order valence-electron chi connectivity index (χ1n) is 8.92. The highest BCUT2D eigenvalue weighted by molar-refractivity contribution is 5.70. The Morgan fingerprint density at radius 2 is 1.88 bits per heavy atom.